The van der Waals surface area contributed by atoms with Crippen molar-refractivity contribution >= 4 is 5.91 Å². The lowest BCUT2D eigenvalue weighted by molar-refractivity contribution is -0.138. The van der Waals surface area contributed by atoms with Crippen LogP contribution in [-0.2, 0) is 4.79 Å². The highest BCUT2D eigenvalue weighted by Gasteiger charge is 2.46. The van der Waals surface area contributed by atoms with Crippen LogP contribution in [0.4, 0.5) is 0 Å². The Morgan fingerprint density at radius 3 is 2.29 bits per heavy atom. The predicted octanol–water partition coefficient (Wildman–Crippen LogP) is 0.994. The summed E-state index contributed by atoms with van der Waals surface area (Å²) in [5.74, 6) is 0.175. The second-order valence-corrected chi connectivity index (χ2v) is 5.97. The molecule has 2 N–H and O–H groups in total. The number of carbonyl (C=O) groups excluding carboxylic acids is 1. The summed E-state index contributed by atoms with van der Waals surface area (Å²) in [5, 5.41) is 13.0. The van der Waals surface area contributed by atoms with Gasteiger partial charge in [-0.25, -0.2) is 0 Å². The van der Waals surface area contributed by atoms with Crippen LogP contribution in [0, 0.1) is 5.92 Å². The van der Waals surface area contributed by atoms with Crippen molar-refractivity contribution in [2.24, 2.45) is 5.92 Å². The zero-order valence-electron chi connectivity index (χ0n) is 11.7. The zero-order valence-corrected chi connectivity index (χ0v) is 11.7. The van der Waals surface area contributed by atoms with Gasteiger partial charge in [0.1, 0.15) is 0 Å². The Labute approximate surface area is 104 Å². The van der Waals surface area contributed by atoms with Gasteiger partial charge in [-0.05, 0) is 46.2 Å². The van der Waals surface area contributed by atoms with E-state index >= 15 is 0 Å². The van der Waals surface area contributed by atoms with Crippen molar-refractivity contribution in [1.29, 1.82) is 0 Å². The van der Waals surface area contributed by atoms with Gasteiger partial charge >= 0.3 is 0 Å². The van der Waals surface area contributed by atoms with Crippen LogP contribution >= 0.6 is 0 Å². The largest absolute Gasteiger partial charge is 0.388 e. The molecule has 0 aromatic rings. The Morgan fingerprint density at radius 1 is 1.47 bits per heavy atom. The van der Waals surface area contributed by atoms with Gasteiger partial charge in [0.2, 0.25) is 5.91 Å². The highest BCUT2D eigenvalue weighted by atomic mass is 16.3. The van der Waals surface area contributed by atoms with E-state index < -0.39 is 5.60 Å². The number of nitrogens with one attached hydrogen (secondary N) is 1. The number of aliphatic hydroxyl groups is 1. The first kappa shape index (κ1) is 14.5. The fourth-order valence-electron chi connectivity index (χ4n) is 2.02. The molecule has 1 saturated carbocycles. The molecule has 0 saturated heterocycles. The molecule has 1 atom stereocenters. The molecule has 0 radical (unpaired) electrons. The third-order valence-corrected chi connectivity index (χ3v) is 4.31. The molecule has 1 rings (SSSR count). The van der Waals surface area contributed by atoms with Crippen molar-refractivity contribution in [2.75, 3.05) is 20.6 Å². The van der Waals surface area contributed by atoms with Crippen molar-refractivity contribution in [3.8, 4) is 0 Å². The molecule has 0 bridgehead atoms. The van der Waals surface area contributed by atoms with Crippen LogP contribution in [0.25, 0.3) is 0 Å². The maximum Gasteiger partial charge on any atom is 0.240 e. The summed E-state index contributed by atoms with van der Waals surface area (Å²) >= 11 is 0. The molecular formula is C13H26N2O2. The van der Waals surface area contributed by atoms with Gasteiger partial charge in [0.15, 0.2) is 0 Å². The lowest BCUT2D eigenvalue weighted by Crippen LogP contribution is -2.62. The van der Waals surface area contributed by atoms with Gasteiger partial charge in [-0.3, -0.25) is 9.69 Å². The van der Waals surface area contributed by atoms with Crippen LogP contribution in [0.3, 0.4) is 0 Å². The van der Waals surface area contributed by atoms with E-state index in [-0.39, 0.29) is 17.4 Å². The van der Waals surface area contributed by atoms with Crippen LogP contribution in [0.2, 0.25) is 0 Å². The first-order valence-electron chi connectivity index (χ1n) is 6.40. The number of hydrogen-bond donors (Lipinski definition) is 2. The van der Waals surface area contributed by atoms with Gasteiger partial charge in [-0.15, -0.1) is 0 Å². The average Bonchev–Trinajstić information content (AvgIpc) is 2.12. The fourth-order valence-corrected chi connectivity index (χ4v) is 2.02. The van der Waals surface area contributed by atoms with E-state index in [1.54, 1.807) is 6.92 Å². The first-order valence-corrected chi connectivity index (χ1v) is 6.40. The van der Waals surface area contributed by atoms with E-state index in [1.165, 1.54) is 0 Å². The number of nitrogens with zero attached hydrogens (tertiary/aromatic N) is 1. The molecule has 4 heteroatoms. The van der Waals surface area contributed by atoms with Crippen molar-refractivity contribution < 1.29 is 9.90 Å². The third kappa shape index (κ3) is 2.80. The number of likely N-dealkylation sites (N-methyl/N-ethyl adjacent to an activating group) is 1. The SMILES string of the molecule is CC(C)C(C)(O)CNC(=O)C1(N(C)C)CCC1. The Kier molecular flexibility index (Phi) is 4.20. The summed E-state index contributed by atoms with van der Waals surface area (Å²) in [6.45, 7) is 5.99. The minimum absolute atomic E-state index is 0.0506. The Balaban J connectivity index is 2.55. The third-order valence-electron chi connectivity index (χ3n) is 4.31. The predicted molar refractivity (Wildman–Crippen MR) is 68.7 cm³/mol. The summed E-state index contributed by atoms with van der Waals surface area (Å²) in [6.07, 6.45) is 2.93. The smallest absolute Gasteiger partial charge is 0.240 e. The highest BCUT2D eigenvalue weighted by Crippen LogP contribution is 2.36. The van der Waals surface area contributed by atoms with E-state index in [1.807, 2.05) is 32.8 Å². The van der Waals surface area contributed by atoms with Gasteiger partial charge in [-0.2, -0.15) is 0 Å². The van der Waals surface area contributed by atoms with Crippen molar-refractivity contribution in [3.63, 3.8) is 0 Å². The molecule has 0 aromatic carbocycles. The molecule has 0 heterocycles. The van der Waals surface area contributed by atoms with E-state index in [0.717, 1.165) is 19.3 Å². The number of rotatable bonds is 5. The molecule has 1 aliphatic rings. The molecule has 1 amide bonds. The molecule has 0 aliphatic heterocycles. The second kappa shape index (κ2) is 4.94. The summed E-state index contributed by atoms with van der Waals surface area (Å²) in [4.78, 5) is 14.2. The van der Waals surface area contributed by atoms with E-state index in [9.17, 15) is 9.90 Å². The molecule has 4 nitrogen and oxygen atoms in total. The van der Waals surface area contributed by atoms with Crippen LogP contribution in [0.15, 0.2) is 0 Å². The standard InChI is InChI=1S/C13H26N2O2/c1-10(2)12(3,17)9-14-11(16)13(15(4)5)7-6-8-13/h10,17H,6-9H2,1-5H3,(H,14,16). The van der Waals surface area contributed by atoms with Crippen molar-refractivity contribution in [2.45, 2.75) is 51.2 Å². The molecule has 1 fully saturated rings. The summed E-state index contributed by atoms with van der Waals surface area (Å²) in [6, 6.07) is 0. The van der Waals surface area contributed by atoms with Crippen LogP contribution in [0.1, 0.15) is 40.0 Å². The summed E-state index contributed by atoms with van der Waals surface area (Å²) in [7, 11) is 3.89. The van der Waals surface area contributed by atoms with Gasteiger partial charge in [0.05, 0.1) is 11.1 Å². The van der Waals surface area contributed by atoms with Gasteiger partial charge in [0.25, 0.3) is 0 Å². The van der Waals surface area contributed by atoms with Crippen LogP contribution < -0.4 is 5.32 Å². The molecule has 1 aliphatic carbocycles. The monoisotopic (exact) mass is 242 g/mol. The van der Waals surface area contributed by atoms with Crippen LogP contribution in [-0.4, -0.2) is 47.7 Å². The van der Waals surface area contributed by atoms with E-state index in [4.69, 9.17) is 0 Å². The maximum atomic E-state index is 12.2. The van der Waals surface area contributed by atoms with Gasteiger partial charge < -0.3 is 10.4 Å². The van der Waals surface area contributed by atoms with Gasteiger partial charge in [-0.1, -0.05) is 13.8 Å². The molecule has 1 unspecified atom stereocenters. The van der Waals surface area contributed by atoms with Crippen molar-refractivity contribution in [3.05, 3.63) is 0 Å². The Bertz CT molecular complexity index is 281. The summed E-state index contributed by atoms with van der Waals surface area (Å²) < 4.78 is 0. The highest BCUT2D eigenvalue weighted by molar-refractivity contribution is 5.87. The zero-order chi connectivity index (χ0) is 13.3. The molecule has 17 heavy (non-hydrogen) atoms. The lowest BCUT2D eigenvalue weighted by atomic mass is 9.75. The minimum Gasteiger partial charge on any atom is -0.388 e. The normalized spacial score (nSPS) is 22.1. The molecule has 100 valence electrons. The number of carbonyl (C=O) groups is 1. The average molecular weight is 242 g/mol. The minimum atomic E-state index is -0.840. The lowest BCUT2D eigenvalue weighted by Gasteiger charge is -2.46. The van der Waals surface area contributed by atoms with E-state index in [2.05, 4.69) is 5.32 Å². The Hall–Kier alpha value is -0.610. The number of amides is 1. The van der Waals surface area contributed by atoms with Gasteiger partial charge in [0, 0.05) is 6.54 Å². The van der Waals surface area contributed by atoms with Crippen LogP contribution in [0.5, 0.6) is 0 Å². The topological polar surface area (TPSA) is 52.6 Å². The van der Waals surface area contributed by atoms with Crippen molar-refractivity contribution in [1.82, 2.24) is 10.2 Å². The molecule has 0 aromatic heterocycles. The van der Waals surface area contributed by atoms with E-state index in [0.29, 0.717) is 6.54 Å². The first-order chi connectivity index (χ1) is 7.72. The maximum absolute atomic E-state index is 12.2. The molecule has 0 spiro atoms. The number of hydrogen-bond acceptors (Lipinski definition) is 3. The summed E-state index contributed by atoms with van der Waals surface area (Å²) in [5.41, 5.74) is -1.18. The second-order valence-electron chi connectivity index (χ2n) is 5.97. The molecular weight excluding hydrogens is 216 g/mol. The quantitative estimate of drug-likeness (QED) is 0.756. The Morgan fingerprint density at radius 2 is 2.00 bits per heavy atom. The fraction of sp³-hybridized carbons (Fsp3) is 0.923.